The van der Waals surface area contributed by atoms with E-state index in [1.165, 1.54) is 25.7 Å². The normalized spacial score (nSPS) is 19.2. The Labute approximate surface area is 210 Å². The quantitative estimate of drug-likeness (QED) is 0.140. The fraction of sp³-hybridized carbons (Fsp3) is 0.500. The number of benzene rings is 2. The molecule has 5 nitrogen and oxygen atoms in total. The van der Waals surface area contributed by atoms with Gasteiger partial charge in [0.15, 0.2) is 0 Å². The maximum atomic E-state index is 12.2. The van der Waals surface area contributed by atoms with Crippen molar-refractivity contribution in [3.05, 3.63) is 71.8 Å². The molecule has 1 fully saturated rings. The maximum absolute atomic E-state index is 12.2. The lowest BCUT2D eigenvalue weighted by Crippen LogP contribution is -2.29. The van der Waals surface area contributed by atoms with Gasteiger partial charge in [0, 0.05) is 18.8 Å². The van der Waals surface area contributed by atoms with Crippen LogP contribution >= 0.6 is 0 Å². The van der Waals surface area contributed by atoms with Crippen molar-refractivity contribution in [3.8, 4) is 11.8 Å². The molecule has 0 saturated carbocycles. The van der Waals surface area contributed by atoms with Gasteiger partial charge in [0.05, 0.1) is 25.9 Å². The smallest absolute Gasteiger partial charge is 0.386 e. The molecule has 1 saturated heterocycles. The van der Waals surface area contributed by atoms with E-state index in [4.69, 9.17) is 18.9 Å². The molecule has 1 heterocycles. The molecule has 3 atom stereocenters. The summed E-state index contributed by atoms with van der Waals surface area (Å²) in [5.74, 6) is 4.99. The standard InChI is InChI=1S/C30H38O5/c1-2-3-4-5-6-7-8-15-20-29(31)35-30-21-27(33-23-26-18-13-10-14-19-26)28(34-30)24-32-22-25-16-11-9-12-17-25/h9-14,16-19,27-28,30H,2-8,21-24H2,1H3/t27-,28+,30+/m0/s1. The van der Waals surface area contributed by atoms with E-state index in [-0.39, 0.29) is 12.2 Å². The highest BCUT2D eigenvalue weighted by Crippen LogP contribution is 2.26. The monoisotopic (exact) mass is 478 g/mol. The van der Waals surface area contributed by atoms with Crippen LogP contribution in [-0.4, -0.2) is 31.1 Å². The average molecular weight is 479 g/mol. The number of carbonyl (C=O) groups is 1. The molecule has 5 heteroatoms. The van der Waals surface area contributed by atoms with Crippen LogP contribution in [0, 0.1) is 11.8 Å². The third-order valence-electron chi connectivity index (χ3n) is 5.95. The zero-order valence-corrected chi connectivity index (χ0v) is 20.8. The summed E-state index contributed by atoms with van der Waals surface area (Å²) in [5, 5.41) is 0. The first-order chi connectivity index (χ1) is 17.2. The van der Waals surface area contributed by atoms with Crippen LogP contribution in [0.3, 0.4) is 0 Å². The topological polar surface area (TPSA) is 54.0 Å². The molecule has 0 spiro atoms. The second-order valence-corrected chi connectivity index (χ2v) is 8.90. The Balaban J connectivity index is 1.45. The minimum absolute atomic E-state index is 0.236. The van der Waals surface area contributed by atoms with Gasteiger partial charge >= 0.3 is 5.97 Å². The van der Waals surface area contributed by atoms with Gasteiger partial charge in [-0.2, -0.15) is 0 Å². The predicted molar refractivity (Wildman–Crippen MR) is 136 cm³/mol. The van der Waals surface area contributed by atoms with Gasteiger partial charge in [-0.05, 0) is 17.5 Å². The Bertz CT molecular complexity index is 903. The Morgan fingerprint density at radius 2 is 1.57 bits per heavy atom. The SMILES string of the molecule is CCCCCCCCC#CC(=O)O[C@@H]1C[C@H](OCc2ccccc2)[C@@H](COCc2ccccc2)O1. The average Bonchev–Trinajstić information content (AvgIpc) is 3.26. The minimum Gasteiger partial charge on any atom is -0.426 e. The van der Waals surface area contributed by atoms with Crippen LogP contribution in [0.1, 0.15) is 69.4 Å². The van der Waals surface area contributed by atoms with Crippen LogP contribution in [0.15, 0.2) is 60.7 Å². The predicted octanol–water partition coefficient (Wildman–Crippen LogP) is 6.20. The zero-order valence-electron chi connectivity index (χ0n) is 20.8. The van der Waals surface area contributed by atoms with E-state index < -0.39 is 12.3 Å². The van der Waals surface area contributed by atoms with Crippen molar-refractivity contribution in [2.75, 3.05) is 6.61 Å². The molecule has 2 aromatic rings. The fourth-order valence-electron chi connectivity index (χ4n) is 4.00. The van der Waals surface area contributed by atoms with E-state index in [2.05, 4.69) is 18.8 Å². The van der Waals surface area contributed by atoms with E-state index >= 15 is 0 Å². The molecule has 0 aromatic heterocycles. The second-order valence-electron chi connectivity index (χ2n) is 8.90. The Kier molecular flexibility index (Phi) is 12.4. The van der Waals surface area contributed by atoms with Crippen LogP contribution in [0.5, 0.6) is 0 Å². The van der Waals surface area contributed by atoms with Gasteiger partial charge in [0.2, 0.25) is 6.29 Å². The summed E-state index contributed by atoms with van der Waals surface area (Å²) in [5.41, 5.74) is 2.17. The lowest BCUT2D eigenvalue weighted by molar-refractivity contribution is -0.173. The molecule has 1 aliphatic rings. The summed E-state index contributed by atoms with van der Waals surface area (Å²) in [4.78, 5) is 12.2. The minimum atomic E-state index is -0.683. The zero-order chi connectivity index (χ0) is 24.6. The third kappa shape index (κ3) is 10.7. The molecule has 0 bridgehead atoms. The Hall–Kier alpha value is -2.65. The van der Waals surface area contributed by atoms with Crippen LogP contribution < -0.4 is 0 Å². The van der Waals surface area contributed by atoms with Crippen LogP contribution in [0.2, 0.25) is 0 Å². The number of unbranched alkanes of at least 4 members (excludes halogenated alkanes) is 6. The molecule has 0 amide bonds. The highest BCUT2D eigenvalue weighted by Gasteiger charge is 2.38. The molecule has 0 radical (unpaired) electrons. The highest BCUT2D eigenvalue weighted by atomic mass is 16.7. The van der Waals surface area contributed by atoms with Gasteiger partial charge < -0.3 is 18.9 Å². The van der Waals surface area contributed by atoms with E-state index in [0.29, 0.717) is 32.7 Å². The lowest BCUT2D eigenvalue weighted by Gasteiger charge is -2.19. The van der Waals surface area contributed by atoms with E-state index in [1.807, 2.05) is 60.7 Å². The van der Waals surface area contributed by atoms with E-state index in [1.54, 1.807) is 0 Å². The van der Waals surface area contributed by atoms with Crippen LogP contribution in [-0.2, 0) is 37.0 Å². The molecule has 2 aromatic carbocycles. The number of esters is 1. The van der Waals surface area contributed by atoms with Gasteiger partial charge in [-0.3, -0.25) is 0 Å². The summed E-state index contributed by atoms with van der Waals surface area (Å²) in [7, 11) is 0. The number of hydrogen-bond donors (Lipinski definition) is 0. The maximum Gasteiger partial charge on any atom is 0.386 e. The van der Waals surface area contributed by atoms with Crippen molar-refractivity contribution in [1.82, 2.24) is 0 Å². The Morgan fingerprint density at radius 1 is 0.914 bits per heavy atom. The van der Waals surface area contributed by atoms with Crippen LogP contribution in [0.25, 0.3) is 0 Å². The van der Waals surface area contributed by atoms with Gasteiger partial charge in [-0.15, -0.1) is 0 Å². The summed E-state index contributed by atoms with van der Waals surface area (Å²) >= 11 is 0. The molecule has 188 valence electrons. The second kappa shape index (κ2) is 16.1. The largest absolute Gasteiger partial charge is 0.426 e. The molecule has 0 N–H and O–H groups in total. The van der Waals surface area contributed by atoms with E-state index in [9.17, 15) is 4.79 Å². The van der Waals surface area contributed by atoms with Crippen molar-refractivity contribution < 1.29 is 23.7 Å². The summed E-state index contributed by atoms with van der Waals surface area (Å²) in [6.07, 6.45) is 7.13. The molecule has 0 aliphatic carbocycles. The molecule has 35 heavy (non-hydrogen) atoms. The summed E-state index contributed by atoms with van der Waals surface area (Å²) in [6, 6.07) is 20.0. The summed E-state index contributed by atoms with van der Waals surface area (Å²) < 4.78 is 23.5. The molecular weight excluding hydrogens is 440 g/mol. The van der Waals surface area contributed by atoms with Crippen molar-refractivity contribution in [1.29, 1.82) is 0 Å². The number of carbonyl (C=O) groups excluding carboxylic acids is 1. The third-order valence-corrected chi connectivity index (χ3v) is 5.95. The van der Waals surface area contributed by atoms with E-state index in [0.717, 1.165) is 24.0 Å². The molecular formula is C30H38O5. The van der Waals surface area contributed by atoms with Crippen molar-refractivity contribution in [2.45, 2.75) is 90.0 Å². The van der Waals surface area contributed by atoms with Crippen molar-refractivity contribution in [3.63, 3.8) is 0 Å². The van der Waals surface area contributed by atoms with Gasteiger partial charge in [0.25, 0.3) is 0 Å². The van der Waals surface area contributed by atoms with Crippen LogP contribution in [0.4, 0.5) is 0 Å². The van der Waals surface area contributed by atoms with Gasteiger partial charge in [-0.1, -0.05) is 106 Å². The number of ether oxygens (including phenoxy) is 4. The first-order valence-corrected chi connectivity index (χ1v) is 12.9. The Morgan fingerprint density at radius 3 is 2.29 bits per heavy atom. The number of rotatable bonds is 14. The number of hydrogen-bond acceptors (Lipinski definition) is 5. The highest BCUT2D eigenvalue weighted by molar-refractivity contribution is 5.88. The summed E-state index contributed by atoms with van der Waals surface area (Å²) in [6.45, 7) is 3.51. The molecule has 1 aliphatic heterocycles. The molecule has 0 unspecified atom stereocenters. The van der Waals surface area contributed by atoms with Crippen molar-refractivity contribution >= 4 is 5.97 Å². The fourth-order valence-corrected chi connectivity index (χ4v) is 4.00. The first kappa shape index (κ1) is 26.9. The lowest BCUT2D eigenvalue weighted by atomic mass is 10.1. The van der Waals surface area contributed by atoms with Gasteiger partial charge in [-0.25, -0.2) is 4.79 Å². The molecule has 3 rings (SSSR count). The van der Waals surface area contributed by atoms with Crippen molar-refractivity contribution in [2.24, 2.45) is 0 Å². The van der Waals surface area contributed by atoms with Gasteiger partial charge in [0.1, 0.15) is 6.10 Å². The first-order valence-electron chi connectivity index (χ1n) is 12.9.